The summed E-state index contributed by atoms with van der Waals surface area (Å²) in [7, 11) is 1.33. The average Bonchev–Trinajstić information content (AvgIpc) is 3.58. The summed E-state index contributed by atoms with van der Waals surface area (Å²) in [6.45, 7) is 0. The van der Waals surface area contributed by atoms with Crippen LogP contribution in [0.2, 0.25) is 0 Å². The molecule has 2 heterocycles. The number of carbonyl (C=O) groups excluding carboxylic acids is 2. The van der Waals surface area contributed by atoms with Crippen molar-refractivity contribution in [2.75, 3.05) is 12.4 Å². The van der Waals surface area contributed by atoms with Crippen LogP contribution in [0, 0.1) is 0 Å². The summed E-state index contributed by atoms with van der Waals surface area (Å²) in [6, 6.07) is 45.8. The number of likely N-dealkylation sites (tertiary alicyclic amines) is 1. The summed E-state index contributed by atoms with van der Waals surface area (Å²) in [5.74, 6) is -0.903. The second kappa shape index (κ2) is 12.5. The van der Waals surface area contributed by atoms with Crippen molar-refractivity contribution in [1.82, 2.24) is 10.2 Å². The highest BCUT2D eigenvalue weighted by molar-refractivity contribution is 5.89. The average molecular weight is 624 g/mol. The van der Waals surface area contributed by atoms with E-state index in [-0.39, 0.29) is 18.7 Å². The first-order valence-electron chi connectivity index (χ1n) is 15.9. The predicted octanol–water partition coefficient (Wildman–Crippen LogP) is 5.59. The van der Waals surface area contributed by atoms with Gasteiger partial charge in [0.25, 0.3) is 0 Å². The van der Waals surface area contributed by atoms with Crippen molar-refractivity contribution >= 4 is 17.6 Å². The monoisotopic (exact) mass is 623 g/mol. The minimum absolute atomic E-state index is 0.0982. The van der Waals surface area contributed by atoms with Crippen LogP contribution >= 0.6 is 0 Å². The summed E-state index contributed by atoms with van der Waals surface area (Å²) in [4.78, 5) is 30.0. The van der Waals surface area contributed by atoms with Crippen LogP contribution in [0.5, 0.6) is 0 Å². The Balaban J connectivity index is 1.43. The maximum Gasteiger partial charge on any atom is 0.328 e. The molecule has 0 saturated carbocycles. The molecule has 0 unspecified atom stereocenters. The second-order valence-corrected chi connectivity index (χ2v) is 12.2. The summed E-state index contributed by atoms with van der Waals surface area (Å²) >= 11 is 0. The van der Waals surface area contributed by atoms with Crippen molar-refractivity contribution in [2.45, 2.75) is 42.2 Å². The molecule has 4 atom stereocenters. The van der Waals surface area contributed by atoms with Gasteiger partial charge in [-0.15, -0.1) is 0 Å². The van der Waals surface area contributed by atoms with Gasteiger partial charge in [0.2, 0.25) is 5.91 Å². The number of esters is 1. The Morgan fingerprint density at radius 2 is 1.30 bits per heavy atom. The predicted molar refractivity (Wildman–Crippen MR) is 181 cm³/mol. The molecule has 7 rings (SSSR count). The van der Waals surface area contributed by atoms with Gasteiger partial charge in [-0.05, 0) is 28.3 Å². The number of nitrogens with one attached hydrogen (secondary N) is 2. The maximum absolute atomic E-state index is 14.8. The molecule has 0 bridgehead atoms. The lowest BCUT2D eigenvalue weighted by atomic mass is 9.74. The van der Waals surface area contributed by atoms with Crippen molar-refractivity contribution in [2.24, 2.45) is 0 Å². The van der Waals surface area contributed by atoms with Crippen LogP contribution in [0.4, 0.5) is 5.69 Å². The minimum Gasteiger partial charge on any atom is -0.467 e. The van der Waals surface area contributed by atoms with Crippen molar-refractivity contribution in [1.29, 1.82) is 0 Å². The van der Waals surface area contributed by atoms with Gasteiger partial charge in [-0.3, -0.25) is 9.69 Å². The molecule has 1 amide bonds. The Hall–Kier alpha value is -5.24. The Labute approximate surface area is 274 Å². The molecule has 1 fully saturated rings. The van der Waals surface area contributed by atoms with Crippen molar-refractivity contribution in [3.8, 4) is 0 Å². The van der Waals surface area contributed by atoms with E-state index < -0.39 is 35.4 Å². The quantitative estimate of drug-likeness (QED) is 0.147. The minimum atomic E-state index is -1.41. The smallest absolute Gasteiger partial charge is 0.328 e. The number of ether oxygens (including phenoxy) is 1. The molecule has 236 valence electrons. The number of rotatable bonds is 9. The fraction of sp³-hybridized carbons (Fsp3) is 0.200. The number of para-hydroxylation sites is 1. The number of benzene rings is 5. The van der Waals surface area contributed by atoms with E-state index in [0.717, 1.165) is 33.5 Å². The highest BCUT2D eigenvalue weighted by Crippen LogP contribution is 2.56. The van der Waals surface area contributed by atoms with Gasteiger partial charge in [0, 0.05) is 24.1 Å². The molecule has 0 spiro atoms. The lowest BCUT2D eigenvalue weighted by molar-refractivity contribution is -0.145. The molecule has 3 N–H and O–H groups in total. The summed E-state index contributed by atoms with van der Waals surface area (Å²) in [6.07, 6.45) is -0.329. The molecule has 2 aliphatic heterocycles. The molecule has 1 saturated heterocycles. The van der Waals surface area contributed by atoms with Crippen LogP contribution in [0.3, 0.4) is 0 Å². The third-order valence-electron chi connectivity index (χ3n) is 9.61. The fourth-order valence-electron chi connectivity index (χ4n) is 7.58. The second-order valence-electron chi connectivity index (χ2n) is 12.2. The third kappa shape index (κ3) is 5.18. The number of hydrogen-bond acceptors (Lipinski definition) is 6. The van der Waals surface area contributed by atoms with Crippen LogP contribution in [-0.4, -0.2) is 47.2 Å². The number of carbonyl (C=O) groups is 2. The van der Waals surface area contributed by atoms with Gasteiger partial charge < -0.3 is 20.5 Å². The Kier molecular flexibility index (Phi) is 8.10. The van der Waals surface area contributed by atoms with E-state index in [2.05, 4.69) is 51.9 Å². The van der Waals surface area contributed by atoms with Crippen LogP contribution < -0.4 is 10.6 Å². The van der Waals surface area contributed by atoms with Crippen molar-refractivity contribution in [3.05, 3.63) is 173 Å². The van der Waals surface area contributed by atoms with Gasteiger partial charge in [-0.1, -0.05) is 140 Å². The first-order valence-corrected chi connectivity index (χ1v) is 15.9. The molecule has 2 aliphatic rings. The molecule has 5 aromatic carbocycles. The topological polar surface area (TPSA) is 90.9 Å². The lowest BCUT2D eigenvalue weighted by Gasteiger charge is -2.48. The molecule has 0 radical (unpaired) electrons. The molecular formula is C40H37N3O4. The number of nitrogens with zero attached hydrogens (tertiary/aromatic N) is 1. The van der Waals surface area contributed by atoms with E-state index in [1.165, 1.54) is 7.11 Å². The number of hydrogen-bond donors (Lipinski definition) is 3. The van der Waals surface area contributed by atoms with Crippen molar-refractivity contribution < 1.29 is 19.4 Å². The zero-order chi connectivity index (χ0) is 32.4. The van der Waals surface area contributed by atoms with E-state index in [1.54, 1.807) is 0 Å². The van der Waals surface area contributed by atoms with E-state index in [0.29, 0.717) is 0 Å². The van der Waals surface area contributed by atoms with Gasteiger partial charge >= 0.3 is 5.97 Å². The highest BCUT2D eigenvalue weighted by atomic mass is 16.5. The number of amides is 1. The molecule has 7 nitrogen and oxygen atoms in total. The lowest BCUT2D eigenvalue weighted by Crippen LogP contribution is -2.61. The highest BCUT2D eigenvalue weighted by Gasteiger charge is 2.64. The molecule has 47 heavy (non-hydrogen) atoms. The molecule has 0 aromatic heterocycles. The fourth-order valence-corrected chi connectivity index (χ4v) is 7.58. The van der Waals surface area contributed by atoms with E-state index in [9.17, 15) is 14.7 Å². The van der Waals surface area contributed by atoms with Crippen LogP contribution in [0.25, 0.3) is 0 Å². The third-order valence-corrected chi connectivity index (χ3v) is 9.61. The summed E-state index contributed by atoms with van der Waals surface area (Å²) < 4.78 is 5.16. The summed E-state index contributed by atoms with van der Waals surface area (Å²) in [5.41, 5.74) is 2.82. The number of methoxy groups -OCH3 is 1. The number of anilines is 1. The van der Waals surface area contributed by atoms with Gasteiger partial charge in [-0.25, -0.2) is 4.79 Å². The zero-order valence-electron chi connectivity index (χ0n) is 26.1. The SMILES string of the molecule is COC(=O)[C@H](Cc1ccccc1)NC(=O)[C@@H]1C[C@]2(O)c3ccccc3N[C@@H]2N1C(c1ccccc1)(c1ccccc1)c1ccccc1. The first-order chi connectivity index (χ1) is 23.0. The Bertz CT molecular complexity index is 1760. The van der Waals surface area contributed by atoms with Crippen LogP contribution in [0.15, 0.2) is 146 Å². The molecular weight excluding hydrogens is 586 g/mol. The van der Waals surface area contributed by atoms with E-state index >= 15 is 0 Å². The Morgan fingerprint density at radius 1 is 0.809 bits per heavy atom. The largest absolute Gasteiger partial charge is 0.467 e. The van der Waals surface area contributed by atoms with E-state index in [4.69, 9.17) is 4.74 Å². The zero-order valence-corrected chi connectivity index (χ0v) is 26.1. The van der Waals surface area contributed by atoms with Crippen LogP contribution in [-0.2, 0) is 31.9 Å². The van der Waals surface area contributed by atoms with E-state index in [1.807, 2.05) is 109 Å². The standard InChI is InChI=1S/C40H37N3O4/c1-47-37(45)34(26-28-16-6-2-7-17-28)41-36(44)35-27-39(46)32-24-14-15-25-33(32)42-38(39)43(35)40(29-18-8-3-9-19-29,30-20-10-4-11-21-30)31-22-12-5-13-23-31/h2-25,34-35,38,42,46H,26-27H2,1H3,(H,41,44)/t34-,35-,38+,39-/m0/s1. The van der Waals surface area contributed by atoms with Crippen molar-refractivity contribution in [3.63, 3.8) is 0 Å². The maximum atomic E-state index is 14.8. The van der Waals surface area contributed by atoms with Crippen LogP contribution in [0.1, 0.15) is 34.2 Å². The van der Waals surface area contributed by atoms with Gasteiger partial charge in [-0.2, -0.15) is 0 Å². The molecule has 5 aromatic rings. The molecule has 0 aliphatic carbocycles. The number of aliphatic hydroxyl groups is 1. The molecule has 7 heteroatoms. The Morgan fingerprint density at radius 3 is 1.83 bits per heavy atom. The summed E-state index contributed by atoms with van der Waals surface area (Å²) in [5, 5.41) is 19.4. The van der Waals surface area contributed by atoms with Gasteiger partial charge in [0.05, 0.1) is 18.7 Å². The van der Waals surface area contributed by atoms with Gasteiger partial charge in [0.15, 0.2) is 0 Å². The normalized spacial score (nSPS) is 20.8. The number of fused-ring (bicyclic) bond motifs is 3. The first kappa shape index (κ1) is 30.4. The van der Waals surface area contributed by atoms with Gasteiger partial charge in [0.1, 0.15) is 17.8 Å².